The quantitative estimate of drug-likeness (QED) is 0.682. The molecule has 0 spiro atoms. The molecule has 1 aliphatic rings. The van der Waals surface area contributed by atoms with E-state index in [1.807, 2.05) is 27.7 Å². The van der Waals surface area contributed by atoms with Gasteiger partial charge in [-0.2, -0.15) is 0 Å². The average molecular weight is 220 g/mol. The second kappa shape index (κ2) is 5.24. The first-order chi connectivity index (χ1) is 7.51. The highest BCUT2D eigenvalue weighted by Crippen LogP contribution is 2.25. The maximum Gasteiger partial charge on any atom is 0.182 e. The number of carbonyl (C=O) groups excluding carboxylic acids is 2. The van der Waals surface area contributed by atoms with Crippen molar-refractivity contribution in [1.29, 1.82) is 0 Å². The van der Waals surface area contributed by atoms with E-state index in [-0.39, 0.29) is 23.4 Å². The van der Waals surface area contributed by atoms with E-state index in [1.165, 1.54) is 12.2 Å². The predicted octanol–water partition coefficient (Wildman–Crippen LogP) is 3.08. The molecule has 0 bridgehead atoms. The highest BCUT2D eigenvalue weighted by Gasteiger charge is 2.25. The molecule has 2 nitrogen and oxygen atoms in total. The molecule has 16 heavy (non-hydrogen) atoms. The number of hydrogen-bond acceptors (Lipinski definition) is 2. The molecular formula is C14H20O2. The van der Waals surface area contributed by atoms with Gasteiger partial charge in [-0.05, 0) is 36.8 Å². The number of hydrogen-bond donors (Lipinski definition) is 0. The molecule has 1 aliphatic carbocycles. The summed E-state index contributed by atoms with van der Waals surface area (Å²) in [5.74, 6) is 0.380. The molecule has 0 fully saturated rings. The van der Waals surface area contributed by atoms with Gasteiger partial charge < -0.3 is 0 Å². The summed E-state index contributed by atoms with van der Waals surface area (Å²) in [5.41, 5.74) is 1.33. The van der Waals surface area contributed by atoms with Crippen molar-refractivity contribution in [3.05, 3.63) is 23.3 Å². The second-order valence-corrected chi connectivity index (χ2v) is 4.55. The van der Waals surface area contributed by atoms with Gasteiger partial charge in [-0.25, -0.2) is 0 Å². The van der Waals surface area contributed by atoms with E-state index in [0.717, 1.165) is 12.8 Å². The van der Waals surface area contributed by atoms with Gasteiger partial charge in [-0.15, -0.1) is 0 Å². The van der Waals surface area contributed by atoms with Crippen LogP contribution in [-0.2, 0) is 9.59 Å². The van der Waals surface area contributed by atoms with Crippen molar-refractivity contribution in [1.82, 2.24) is 0 Å². The van der Waals surface area contributed by atoms with Gasteiger partial charge in [-0.3, -0.25) is 9.59 Å². The Labute approximate surface area is 97.4 Å². The predicted molar refractivity (Wildman–Crippen MR) is 65.1 cm³/mol. The van der Waals surface area contributed by atoms with Gasteiger partial charge in [0, 0.05) is 11.1 Å². The lowest BCUT2D eigenvalue weighted by Gasteiger charge is -2.19. The van der Waals surface area contributed by atoms with Crippen LogP contribution in [0.25, 0.3) is 0 Å². The summed E-state index contributed by atoms with van der Waals surface area (Å²) in [4.78, 5) is 23.7. The van der Waals surface area contributed by atoms with Crippen LogP contribution in [0.1, 0.15) is 40.5 Å². The zero-order valence-corrected chi connectivity index (χ0v) is 10.5. The normalized spacial score (nSPS) is 20.2. The summed E-state index contributed by atoms with van der Waals surface area (Å²) >= 11 is 0. The van der Waals surface area contributed by atoms with Crippen LogP contribution in [0.3, 0.4) is 0 Å². The molecule has 0 saturated heterocycles. The minimum Gasteiger partial charge on any atom is -0.290 e. The lowest BCUT2D eigenvalue weighted by molar-refractivity contribution is -0.115. The van der Waals surface area contributed by atoms with Crippen LogP contribution in [-0.4, -0.2) is 11.6 Å². The van der Waals surface area contributed by atoms with E-state index < -0.39 is 0 Å². The van der Waals surface area contributed by atoms with Crippen molar-refractivity contribution >= 4 is 11.6 Å². The second-order valence-electron chi connectivity index (χ2n) is 4.55. The fourth-order valence-corrected chi connectivity index (χ4v) is 1.80. The molecule has 0 aromatic rings. The lowest BCUT2D eigenvalue weighted by atomic mass is 9.83. The molecule has 0 amide bonds. The third kappa shape index (κ3) is 2.49. The Kier molecular flexibility index (Phi) is 4.22. The van der Waals surface area contributed by atoms with E-state index in [9.17, 15) is 9.59 Å². The van der Waals surface area contributed by atoms with Crippen LogP contribution < -0.4 is 0 Å². The van der Waals surface area contributed by atoms with E-state index in [1.54, 1.807) is 0 Å². The van der Waals surface area contributed by atoms with Gasteiger partial charge in [-0.1, -0.05) is 27.7 Å². The van der Waals surface area contributed by atoms with Crippen molar-refractivity contribution in [2.45, 2.75) is 40.5 Å². The summed E-state index contributed by atoms with van der Waals surface area (Å²) in [5, 5.41) is 0. The van der Waals surface area contributed by atoms with Gasteiger partial charge in [0.05, 0.1) is 0 Å². The first-order valence-electron chi connectivity index (χ1n) is 6.03. The molecule has 88 valence electrons. The Morgan fingerprint density at radius 1 is 0.875 bits per heavy atom. The van der Waals surface area contributed by atoms with Crippen LogP contribution in [0, 0.1) is 11.8 Å². The van der Waals surface area contributed by atoms with Gasteiger partial charge in [0.15, 0.2) is 11.6 Å². The molecule has 1 rings (SSSR count). The maximum absolute atomic E-state index is 11.9. The molecule has 0 aliphatic heterocycles. The largest absolute Gasteiger partial charge is 0.290 e. The van der Waals surface area contributed by atoms with Crippen LogP contribution in [0.2, 0.25) is 0 Å². The van der Waals surface area contributed by atoms with Crippen molar-refractivity contribution in [3.63, 3.8) is 0 Å². The Morgan fingerprint density at radius 2 is 1.19 bits per heavy atom. The molecule has 0 aromatic heterocycles. The monoisotopic (exact) mass is 220 g/mol. The highest BCUT2D eigenvalue weighted by molar-refractivity contribution is 6.20. The van der Waals surface area contributed by atoms with Gasteiger partial charge in [0.25, 0.3) is 0 Å². The number of ketones is 2. The summed E-state index contributed by atoms with van der Waals surface area (Å²) < 4.78 is 0. The standard InChI is InChI=1S/C14H20O2/c1-5-9(3)11-7-14(16)12(8-13(11)15)10(4)6-2/h7-10H,5-6H2,1-4H3. The first kappa shape index (κ1) is 12.9. The van der Waals surface area contributed by atoms with E-state index in [4.69, 9.17) is 0 Å². The van der Waals surface area contributed by atoms with Crippen LogP contribution in [0.4, 0.5) is 0 Å². The summed E-state index contributed by atoms with van der Waals surface area (Å²) in [6, 6.07) is 0. The molecule has 0 aromatic carbocycles. The van der Waals surface area contributed by atoms with Crippen molar-refractivity contribution in [2.24, 2.45) is 11.8 Å². The van der Waals surface area contributed by atoms with Gasteiger partial charge in [0.2, 0.25) is 0 Å². The smallest absolute Gasteiger partial charge is 0.182 e. The van der Waals surface area contributed by atoms with Gasteiger partial charge >= 0.3 is 0 Å². The highest BCUT2D eigenvalue weighted by atomic mass is 16.1. The zero-order chi connectivity index (χ0) is 12.3. The van der Waals surface area contributed by atoms with E-state index >= 15 is 0 Å². The Balaban J connectivity index is 2.96. The van der Waals surface area contributed by atoms with E-state index in [0.29, 0.717) is 11.1 Å². The number of allylic oxidation sites excluding steroid dienone is 4. The van der Waals surface area contributed by atoms with Crippen LogP contribution in [0.5, 0.6) is 0 Å². The molecular weight excluding hydrogens is 200 g/mol. The summed E-state index contributed by atoms with van der Waals surface area (Å²) in [6.45, 7) is 8.02. The molecule has 2 unspecified atom stereocenters. The fraction of sp³-hybridized carbons (Fsp3) is 0.571. The van der Waals surface area contributed by atoms with Crippen molar-refractivity contribution < 1.29 is 9.59 Å². The molecule has 0 saturated carbocycles. The van der Waals surface area contributed by atoms with Crippen LogP contribution in [0.15, 0.2) is 23.3 Å². The third-order valence-corrected chi connectivity index (χ3v) is 3.43. The lowest BCUT2D eigenvalue weighted by Crippen LogP contribution is -2.20. The molecule has 0 N–H and O–H groups in total. The topological polar surface area (TPSA) is 34.1 Å². The maximum atomic E-state index is 11.9. The molecule has 2 atom stereocenters. The first-order valence-corrected chi connectivity index (χ1v) is 6.03. The number of carbonyl (C=O) groups is 2. The number of rotatable bonds is 4. The fourth-order valence-electron chi connectivity index (χ4n) is 1.80. The minimum atomic E-state index is 0.0178. The van der Waals surface area contributed by atoms with Gasteiger partial charge in [0.1, 0.15) is 0 Å². The Bertz CT molecular complexity index is 325. The van der Waals surface area contributed by atoms with E-state index in [2.05, 4.69) is 0 Å². The Morgan fingerprint density at radius 3 is 1.44 bits per heavy atom. The molecule has 2 heteroatoms. The van der Waals surface area contributed by atoms with Crippen LogP contribution >= 0.6 is 0 Å². The Hall–Kier alpha value is -1.18. The molecule has 0 radical (unpaired) electrons. The summed E-state index contributed by atoms with van der Waals surface area (Å²) in [6.07, 6.45) is 4.85. The average Bonchev–Trinajstić information content (AvgIpc) is 2.29. The SMILES string of the molecule is CCC(C)C1=CC(=O)C(C(C)CC)=CC1=O. The van der Waals surface area contributed by atoms with Crippen molar-refractivity contribution in [2.75, 3.05) is 0 Å². The van der Waals surface area contributed by atoms with Crippen molar-refractivity contribution in [3.8, 4) is 0 Å². The molecule has 0 heterocycles. The third-order valence-electron chi connectivity index (χ3n) is 3.43. The summed E-state index contributed by atoms with van der Waals surface area (Å²) in [7, 11) is 0. The minimum absolute atomic E-state index is 0.0178. The zero-order valence-electron chi connectivity index (χ0n) is 10.5.